The zero-order chi connectivity index (χ0) is 18.1. The summed E-state index contributed by atoms with van der Waals surface area (Å²) in [5.41, 5.74) is 5.57. The average Bonchev–Trinajstić information content (AvgIpc) is 3.11. The molecule has 2 aliphatic carbocycles. The zero-order valence-electron chi connectivity index (χ0n) is 15.8. The Morgan fingerprint density at radius 2 is 1.50 bits per heavy atom. The molecule has 0 spiro atoms. The first-order valence-electron chi connectivity index (χ1n) is 9.76. The van der Waals surface area contributed by atoms with Crippen molar-refractivity contribution in [2.45, 2.75) is 44.2 Å². The molecule has 0 saturated carbocycles. The van der Waals surface area contributed by atoms with E-state index in [0.29, 0.717) is 12.6 Å². The van der Waals surface area contributed by atoms with Crippen LogP contribution in [0.15, 0.2) is 48.5 Å². The molecule has 0 bridgehead atoms. The fraction of sp³-hybridized carbons (Fsp3) is 0.435. The molecule has 2 unspecified atom stereocenters. The van der Waals surface area contributed by atoms with Gasteiger partial charge in [-0.3, -0.25) is 9.69 Å². The van der Waals surface area contributed by atoms with Crippen molar-refractivity contribution in [3.05, 3.63) is 70.8 Å². The summed E-state index contributed by atoms with van der Waals surface area (Å²) in [7, 11) is 4.07. The van der Waals surface area contributed by atoms with Crippen molar-refractivity contribution in [2.24, 2.45) is 0 Å². The molecule has 3 nitrogen and oxygen atoms in total. The molecule has 0 saturated heterocycles. The van der Waals surface area contributed by atoms with Crippen molar-refractivity contribution >= 4 is 5.91 Å². The summed E-state index contributed by atoms with van der Waals surface area (Å²) in [4.78, 5) is 17.2. The Kier molecular flexibility index (Phi) is 4.82. The van der Waals surface area contributed by atoms with Crippen molar-refractivity contribution in [1.82, 2.24) is 9.80 Å². The van der Waals surface area contributed by atoms with E-state index in [-0.39, 0.29) is 11.9 Å². The molecule has 1 amide bonds. The van der Waals surface area contributed by atoms with Gasteiger partial charge in [0.2, 0.25) is 5.91 Å². The fourth-order valence-electron chi connectivity index (χ4n) is 4.73. The van der Waals surface area contributed by atoms with Crippen LogP contribution in [-0.4, -0.2) is 36.3 Å². The van der Waals surface area contributed by atoms with Crippen LogP contribution in [0.4, 0.5) is 0 Å². The third-order valence-corrected chi connectivity index (χ3v) is 6.22. The lowest BCUT2D eigenvalue weighted by molar-refractivity contribution is -0.133. The normalized spacial score (nSPS) is 21.3. The lowest BCUT2D eigenvalue weighted by atomic mass is 9.87. The third-order valence-electron chi connectivity index (χ3n) is 6.22. The molecule has 136 valence electrons. The van der Waals surface area contributed by atoms with Crippen LogP contribution in [0.1, 0.15) is 53.6 Å². The standard InChI is InChI=1S/C23H28N2O/c1-24(21-15-14-18-9-4-5-11-19(18)21)16-23(26)25(2)22-13-7-10-17-8-3-6-12-20(17)22/h3-6,8-9,11-12,21-22H,7,10,13-16H2,1-2H3. The van der Waals surface area contributed by atoms with E-state index in [4.69, 9.17) is 0 Å². The molecule has 0 heterocycles. The summed E-state index contributed by atoms with van der Waals surface area (Å²) in [6.07, 6.45) is 5.58. The number of hydrogen-bond acceptors (Lipinski definition) is 2. The Hall–Kier alpha value is -2.13. The van der Waals surface area contributed by atoms with Crippen LogP contribution in [0.25, 0.3) is 0 Å². The van der Waals surface area contributed by atoms with Gasteiger partial charge >= 0.3 is 0 Å². The number of rotatable bonds is 4. The number of carbonyl (C=O) groups excluding carboxylic acids is 1. The van der Waals surface area contributed by atoms with E-state index in [2.05, 4.69) is 60.5 Å². The first-order chi connectivity index (χ1) is 12.6. The van der Waals surface area contributed by atoms with Crippen molar-refractivity contribution in [1.29, 1.82) is 0 Å². The Morgan fingerprint density at radius 1 is 0.885 bits per heavy atom. The van der Waals surface area contributed by atoms with Crippen LogP contribution in [0.2, 0.25) is 0 Å². The molecule has 2 aromatic carbocycles. The van der Waals surface area contributed by atoms with Crippen LogP contribution >= 0.6 is 0 Å². The summed E-state index contributed by atoms with van der Waals surface area (Å²) >= 11 is 0. The zero-order valence-corrected chi connectivity index (χ0v) is 15.8. The largest absolute Gasteiger partial charge is 0.338 e. The molecule has 2 aliphatic rings. The highest BCUT2D eigenvalue weighted by molar-refractivity contribution is 5.78. The lowest BCUT2D eigenvalue weighted by Crippen LogP contribution is -2.40. The quantitative estimate of drug-likeness (QED) is 0.829. The van der Waals surface area contributed by atoms with Gasteiger partial charge in [-0.2, -0.15) is 0 Å². The Balaban J connectivity index is 1.46. The minimum absolute atomic E-state index is 0.219. The van der Waals surface area contributed by atoms with Crippen LogP contribution < -0.4 is 0 Å². The minimum Gasteiger partial charge on any atom is -0.338 e. The van der Waals surface area contributed by atoms with Gasteiger partial charge in [0.15, 0.2) is 0 Å². The third kappa shape index (κ3) is 3.16. The van der Waals surface area contributed by atoms with Crippen LogP contribution in [0, 0.1) is 0 Å². The summed E-state index contributed by atoms with van der Waals surface area (Å²) < 4.78 is 0. The summed E-state index contributed by atoms with van der Waals surface area (Å²) in [6.45, 7) is 0.480. The highest BCUT2D eigenvalue weighted by atomic mass is 16.2. The van der Waals surface area contributed by atoms with Gasteiger partial charge in [-0.25, -0.2) is 0 Å². The van der Waals surface area contributed by atoms with E-state index < -0.39 is 0 Å². The molecule has 0 radical (unpaired) electrons. The first-order valence-corrected chi connectivity index (χ1v) is 9.76. The Labute approximate surface area is 156 Å². The van der Waals surface area contributed by atoms with E-state index in [1.54, 1.807) is 0 Å². The number of fused-ring (bicyclic) bond motifs is 2. The number of amides is 1. The van der Waals surface area contributed by atoms with Gasteiger partial charge in [-0.1, -0.05) is 48.5 Å². The maximum absolute atomic E-state index is 13.0. The van der Waals surface area contributed by atoms with Crippen molar-refractivity contribution in [2.75, 3.05) is 20.6 Å². The molecule has 2 atom stereocenters. The number of likely N-dealkylation sites (N-methyl/N-ethyl adjacent to an activating group) is 2. The second-order valence-electron chi connectivity index (χ2n) is 7.78. The molecule has 2 aromatic rings. The van der Waals surface area contributed by atoms with E-state index in [0.717, 1.165) is 32.1 Å². The van der Waals surface area contributed by atoms with Gasteiger partial charge in [0.05, 0.1) is 12.6 Å². The predicted octanol–water partition coefficient (Wildman–Crippen LogP) is 4.14. The van der Waals surface area contributed by atoms with Gasteiger partial charge in [-0.05, 0) is 61.4 Å². The summed E-state index contributed by atoms with van der Waals surface area (Å²) in [5.74, 6) is 0.221. The molecule has 0 aromatic heterocycles. The summed E-state index contributed by atoms with van der Waals surface area (Å²) in [6, 6.07) is 17.8. The molecule has 3 heteroatoms. The number of aryl methyl sites for hydroxylation is 2. The van der Waals surface area contributed by atoms with Crippen molar-refractivity contribution in [3.63, 3.8) is 0 Å². The topological polar surface area (TPSA) is 23.6 Å². The van der Waals surface area contributed by atoms with Gasteiger partial charge in [0.1, 0.15) is 0 Å². The molecular formula is C23H28N2O. The first kappa shape index (κ1) is 17.3. The van der Waals surface area contributed by atoms with Gasteiger partial charge in [0, 0.05) is 13.1 Å². The number of benzene rings is 2. The molecule has 0 N–H and O–H groups in total. The van der Waals surface area contributed by atoms with Gasteiger partial charge in [-0.15, -0.1) is 0 Å². The predicted molar refractivity (Wildman–Crippen MR) is 105 cm³/mol. The van der Waals surface area contributed by atoms with E-state index in [1.165, 1.54) is 22.3 Å². The van der Waals surface area contributed by atoms with Crippen LogP contribution in [-0.2, 0) is 17.6 Å². The average molecular weight is 348 g/mol. The fourth-order valence-corrected chi connectivity index (χ4v) is 4.73. The Morgan fingerprint density at radius 3 is 2.23 bits per heavy atom. The highest BCUT2D eigenvalue weighted by Crippen LogP contribution is 2.36. The monoisotopic (exact) mass is 348 g/mol. The molecule has 0 fully saturated rings. The van der Waals surface area contributed by atoms with Gasteiger partial charge in [0.25, 0.3) is 0 Å². The van der Waals surface area contributed by atoms with Gasteiger partial charge < -0.3 is 4.90 Å². The number of nitrogens with zero attached hydrogens (tertiary/aromatic N) is 2. The van der Waals surface area contributed by atoms with E-state index in [9.17, 15) is 4.79 Å². The van der Waals surface area contributed by atoms with Crippen molar-refractivity contribution in [3.8, 4) is 0 Å². The number of carbonyl (C=O) groups is 1. The maximum atomic E-state index is 13.0. The van der Waals surface area contributed by atoms with Crippen LogP contribution in [0.5, 0.6) is 0 Å². The maximum Gasteiger partial charge on any atom is 0.237 e. The highest BCUT2D eigenvalue weighted by Gasteiger charge is 2.30. The lowest BCUT2D eigenvalue weighted by Gasteiger charge is -2.35. The second-order valence-corrected chi connectivity index (χ2v) is 7.78. The van der Waals surface area contributed by atoms with Crippen molar-refractivity contribution < 1.29 is 4.79 Å². The SMILES string of the molecule is CN(CC(=O)N(C)C1CCCc2ccccc21)C1CCc2ccccc21. The smallest absolute Gasteiger partial charge is 0.237 e. The molecule has 4 rings (SSSR count). The van der Waals surface area contributed by atoms with E-state index >= 15 is 0 Å². The molecule has 0 aliphatic heterocycles. The summed E-state index contributed by atoms with van der Waals surface area (Å²) in [5, 5.41) is 0. The molecule has 26 heavy (non-hydrogen) atoms. The number of hydrogen-bond donors (Lipinski definition) is 0. The van der Waals surface area contributed by atoms with Crippen LogP contribution in [0.3, 0.4) is 0 Å². The van der Waals surface area contributed by atoms with E-state index in [1.807, 2.05) is 11.9 Å². The minimum atomic E-state index is 0.219. The molecular weight excluding hydrogens is 320 g/mol. The Bertz CT molecular complexity index is 800. The second kappa shape index (κ2) is 7.24.